The Hall–Kier alpha value is -1.30. The van der Waals surface area contributed by atoms with Crippen molar-refractivity contribution in [2.75, 3.05) is 33.7 Å². The van der Waals surface area contributed by atoms with Gasteiger partial charge in [0.1, 0.15) is 5.60 Å². The van der Waals surface area contributed by atoms with Crippen molar-refractivity contribution < 1.29 is 19.4 Å². The molecule has 0 atom stereocenters. The fraction of sp³-hybridized carbons (Fsp3) is 0.846. The van der Waals surface area contributed by atoms with Gasteiger partial charge >= 0.3 is 12.1 Å². The highest BCUT2D eigenvalue weighted by molar-refractivity contribution is 5.70. The molecule has 0 aromatic heterocycles. The number of nitrogens with zero attached hydrogens (tertiary/aromatic N) is 2. The Morgan fingerprint density at radius 1 is 1.11 bits per heavy atom. The zero-order valence-corrected chi connectivity index (χ0v) is 12.6. The lowest BCUT2D eigenvalue weighted by Crippen LogP contribution is -2.39. The average Bonchev–Trinajstić information content (AvgIpc) is 2.19. The van der Waals surface area contributed by atoms with Crippen molar-refractivity contribution in [3.05, 3.63) is 0 Å². The van der Waals surface area contributed by atoms with Crippen molar-refractivity contribution in [1.29, 1.82) is 0 Å². The van der Waals surface area contributed by atoms with E-state index in [9.17, 15) is 9.59 Å². The first-order chi connectivity index (χ1) is 8.61. The molecule has 1 amide bonds. The maximum absolute atomic E-state index is 11.9. The maximum atomic E-state index is 11.9. The van der Waals surface area contributed by atoms with Crippen molar-refractivity contribution in [2.24, 2.45) is 0 Å². The Bertz CT molecular complexity index is 298. The first-order valence-electron chi connectivity index (χ1n) is 6.46. The first kappa shape index (κ1) is 17.7. The summed E-state index contributed by atoms with van der Waals surface area (Å²) in [6, 6.07) is 0. The van der Waals surface area contributed by atoms with E-state index in [1.54, 1.807) is 20.8 Å². The van der Waals surface area contributed by atoms with Gasteiger partial charge in [0.15, 0.2) is 0 Å². The second kappa shape index (κ2) is 7.99. The smallest absolute Gasteiger partial charge is 0.410 e. The van der Waals surface area contributed by atoms with Gasteiger partial charge in [0.25, 0.3) is 0 Å². The van der Waals surface area contributed by atoms with Gasteiger partial charge in [0.2, 0.25) is 0 Å². The number of carbonyl (C=O) groups is 2. The highest BCUT2D eigenvalue weighted by Crippen LogP contribution is 2.10. The van der Waals surface area contributed by atoms with Crippen LogP contribution in [0.2, 0.25) is 0 Å². The molecule has 0 saturated heterocycles. The lowest BCUT2D eigenvalue weighted by Gasteiger charge is -2.27. The van der Waals surface area contributed by atoms with Crippen LogP contribution in [0.3, 0.4) is 0 Å². The van der Waals surface area contributed by atoms with Crippen molar-refractivity contribution in [2.45, 2.75) is 39.2 Å². The van der Waals surface area contributed by atoms with Crippen LogP contribution in [0.25, 0.3) is 0 Å². The van der Waals surface area contributed by atoms with Gasteiger partial charge in [0, 0.05) is 13.1 Å². The van der Waals surface area contributed by atoms with Crippen LogP contribution in [0.5, 0.6) is 0 Å². The van der Waals surface area contributed by atoms with Crippen LogP contribution >= 0.6 is 0 Å². The van der Waals surface area contributed by atoms with E-state index in [1.165, 1.54) is 4.90 Å². The molecule has 1 N–H and O–H groups in total. The summed E-state index contributed by atoms with van der Waals surface area (Å²) in [6.45, 7) is 6.89. The Morgan fingerprint density at radius 3 is 2.11 bits per heavy atom. The van der Waals surface area contributed by atoms with Crippen LogP contribution < -0.4 is 0 Å². The molecule has 0 radical (unpaired) electrons. The van der Waals surface area contributed by atoms with E-state index in [1.807, 2.05) is 19.0 Å². The number of ether oxygens (including phenoxy) is 1. The summed E-state index contributed by atoms with van der Waals surface area (Å²) in [5.41, 5.74) is -0.569. The standard InChI is InChI=1S/C13H26N2O4/c1-13(2,3)19-12(18)15(10-7-11(16)17)9-6-8-14(4)5/h6-10H2,1-5H3,(H,16,17). The molecule has 0 fully saturated rings. The van der Waals surface area contributed by atoms with E-state index in [4.69, 9.17) is 9.84 Å². The minimum atomic E-state index is -0.916. The average molecular weight is 274 g/mol. The summed E-state index contributed by atoms with van der Waals surface area (Å²) in [5, 5.41) is 8.70. The lowest BCUT2D eigenvalue weighted by atomic mass is 10.2. The number of amides is 1. The molecule has 0 aromatic rings. The molecule has 112 valence electrons. The van der Waals surface area contributed by atoms with Crippen molar-refractivity contribution >= 4 is 12.1 Å². The molecule has 0 spiro atoms. The highest BCUT2D eigenvalue weighted by atomic mass is 16.6. The quantitative estimate of drug-likeness (QED) is 0.764. The van der Waals surface area contributed by atoms with Gasteiger partial charge in [-0.1, -0.05) is 0 Å². The predicted octanol–water partition coefficient (Wildman–Crippen LogP) is 1.65. The molecule has 6 heteroatoms. The molecule has 0 heterocycles. The topological polar surface area (TPSA) is 70.1 Å². The third-order valence-corrected chi connectivity index (χ3v) is 2.28. The Morgan fingerprint density at radius 2 is 1.68 bits per heavy atom. The second-order valence-electron chi connectivity index (χ2n) is 5.77. The lowest BCUT2D eigenvalue weighted by molar-refractivity contribution is -0.137. The summed E-state index contributed by atoms with van der Waals surface area (Å²) in [6.07, 6.45) is 0.264. The van der Waals surface area contributed by atoms with Crippen LogP contribution in [0, 0.1) is 0 Å². The monoisotopic (exact) mass is 274 g/mol. The van der Waals surface area contributed by atoms with Gasteiger partial charge in [-0.3, -0.25) is 4.79 Å². The number of rotatable bonds is 7. The molecular weight excluding hydrogens is 248 g/mol. The molecule has 0 aliphatic heterocycles. The van der Waals surface area contributed by atoms with Crippen LogP contribution in [0.4, 0.5) is 4.79 Å². The SMILES string of the molecule is CN(C)CCCN(CCC(=O)O)C(=O)OC(C)(C)C. The molecule has 19 heavy (non-hydrogen) atoms. The van der Waals surface area contributed by atoms with Crippen LogP contribution in [-0.4, -0.2) is 66.3 Å². The molecule has 0 aromatic carbocycles. The van der Waals surface area contributed by atoms with E-state index in [0.29, 0.717) is 6.54 Å². The Balaban J connectivity index is 4.39. The molecule has 0 rings (SSSR count). The van der Waals surface area contributed by atoms with E-state index >= 15 is 0 Å². The maximum Gasteiger partial charge on any atom is 0.410 e. The van der Waals surface area contributed by atoms with Crippen LogP contribution in [0.1, 0.15) is 33.6 Å². The molecule has 0 bridgehead atoms. The van der Waals surface area contributed by atoms with Gasteiger partial charge in [-0.25, -0.2) is 4.79 Å². The largest absolute Gasteiger partial charge is 0.481 e. The molecule has 6 nitrogen and oxygen atoms in total. The summed E-state index contributed by atoms with van der Waals surface area (Å²) in [4.78, 5) is 26.0. The third-order valence-electron chi connectivity index (χ3n) is 2.28. The van der Waals surface area contributed by atoms with E-state index in [-0.39, 0.29) is 13.0 Å². The summed E-state index contributed by atoms with van der Waals surface area (Å²) in [7, 11) is 3.91. The number of carboxylic acids is 1. The van der Waals surface area contributed by atoms with E-state index in [2.05, 4.69) is 0 Å². The van der Waals surface area contributed by atoms with Gasteiger partial charge < -0.3 is 19.6 Å². The third kappa shape index (κ3) is 10.3. The van der Waals surface area contributed by atoms with Crippen LogP contribution in [-0.2, 0) is 9.53 Å². The molecular formula is C13H26N2O4. The molecule has 0 saturated carbocycles. The number of hydrogen-bond acceptors (Lipinski definition) is 4. The highest BCUT2D eigenvalue weighted by Gasteiger charge is 2.22. The van der Waals surface area contributed by atoms with Gasteiger partial charge in [0.05, 0.1) is 6.42 Å². The van der Waals surface area contributed by atoms with Crippen molar-refractivity contribution in [3.63, 3.8) is 0 Å². The van der Waals surface area contributed by atoms with E-state index in [0.717, 1.165) is 13.0 Å². The number of carbonyl (C=O) groups excluding carboxylic acids is 1. The van der Waals surface area contributed by atoms with Crippen LogP contribution in [0.15, 0.2) is 0 Å². The van der Waals surface area contributed by atoms with E-state index < -0.39 is 17.7 Å². The number of aliphatic carboxylic acids is 1. The van der Waals surface area contributed by atoms with Crippen molar-refractivity contribution in [3.8, 4) is 0 Å². The first-order valence-corrected chi connectivity index (χ1v) is 6.46. The molecule has 0 aliphatic rings. The fourth-order valence-electron chi connectivity index (χ4n) is 1.43. The fourth-order valence-corrected chi connectivity index (χ4v) is 1.43. The minimum absolute atomic E-state index is 0.0682. The summed E-state index contributed by atoms with van der Waals surface area (Å²) < 4.78 is 5.27. The minimum Gasteiger partial charge on any atom is -0.481 e. The van der Waals surface area contributed by atoms with Gasteiger partial charge in [-0.15, -0.1) is 0 Å². The Kier molecular flexibility index (Phi) is 7.44. The zero-order chi connectivity index (χ0) is 15.1. The van der Waals surface area contributed by atoms with Gasteiger partial charge in [-0.2, -0.15) is 0 Å². The normalized spacial score (nSPS) is 11.5. The number of carboxylic acid groups (broad SMARTS) is 1. The van der Waals surface area contributed by atoms with Crippen molar-refractivity contribution in [1.82, 2.24) is 9.80 Å². The summed E-state index contributed by atoms with van der Waals surface area (Å²) >= 11 is 0. The van der Waals surface area contributed by atoms with Gasteiger partial charge in [-0.05, 0) is 47.8 Å². The Labute approximate surface area is 115 Å². The molecule has 0 aliphatic carbocycles. The summed E-state index contributed by atoms with van der Waals surface area (Å²) in [5.74, 6) is -0.916. The zero-order valence-electron chi connectivity index (χ0n) is 12.6. The molecule has 0 unspecified atom stereocenters. The second-order valence-corrected chi connectivity index (χ2v) is 5.77. The predicted molar refractivity (Wildman–Crippen MR) is 73.2 cm³/mol. The number of hydrogen-bond donors (Lipinski definition) is 1.